The summed E-state index contributed by atoms with van der Waals surface area (Å²) in [5, 5.41) is 6.99. The first kappa shape index (κ1) is 11.1. The molecule has 1 atom stereocenters. The molecular formula is C12H17BrN2. The molecule has 1 heterocycles. The van der Waals surface area contributed by atoms with Gasteiger partial charge >= 0.3 is 0 Å². The van der Waals surface area contributed by atoms with Gasteiger partial charge in [0.05, 0.1) is 0 Å². The molecule has 0 spiro atoms. The average molecular weight is 269 g/mol. The summed E-state index contributed by atoms with van der Waals surface area (Å²) in [6, 6.07) is 9.15. The van der Waals surface area contributed by atoms with Crippen molar-refractivity contribution in [3.05, 3.63) is 34.3 Å². The molecule has 2 nitrogen and oxygen atoms in total. The van der Waals surface area contributed by atoms with Crippen LogP contribution in [0.5, 0.6) is 0 Å². The van der Waals surface area contributed by atoms with Crippen molar-refractivity contribution in [3.63, 3.8) is 0 Å². The molecule has 1 aromatic rings. The molecule has 0 amide bonds. The fourth-order valence-electron chi connectivity index (χ4n) is 1.89. The van der Waals surface area contributed by atoms with E-state index in [-0.39, 0.29) is 0 Å². The summed E-state index contributed by atoms with van der Waals surface area (Å²) in [7, 11) is 0. The fraction of sp³-hybridized carbons (Fsp3) is 0.500. The first-order chi connectivity index (χ1) is 7.34. The normalized spacial score (nSPS) is 21.5. The van der Waals surface area contributed by atoms with Gasteiger partial charge in [0.2, 0.25) is 0 Å². The zero-order valence-corrected chi connectivity index (χ0v) is 10.4. The van der Waals surface area contributed by atoms with Crippen LogP contribution in [0.1, 0.15) is 18.4 Å². The van der Waals surface area contributed by atoms with Gasteiger partial charge in [0.15, 0.2) is 0 Å². The molecule has 1 fully saturated rings. The van der Waals surface area contributed by atoms with Gasteiger partial charge in [-0.1, -0.05) is 28.1 Å². The molecular weight excluding hydrogens is 252 g/mol. The third-order valence-corrected chi connectivity index (χ3v) is 3.33. The van der Waals surface area contributed by atoms with Gasteiger partial charge in [-0.25, -0.2) is 0 Å². The minimum Gasteiger partial charge on any atom is -0.315 e. The summed E-state index contributed by atoms with van der Waals surface area (Å²) >= 11 is 3.44. The second-order valence-corrected chi connectivity index (χ2v) is 4.97. The predicted molar refractivity (Wildman–Crippen MR) is 66.9 cm³/mol. The van der Waals surface area contributed by atoms with E-state index in [1.807, 2.05) is 0 Å². The monoisotopic (exact) mass is 268 g/mol. The van der Waals surface area contributed by atoms with Gasteiger partial charge < -0.3 is 10.6 Å². The van der Waals surface area contributed by atoms with E-state index in [0.29, 0.717) is 6.04 Å². The number of hydrogen-bond donors (Lipinski definition) is 2. The van der Waals surface area contributed by atoms with Crippen molar-refractivity contribution in [1.82, 2.24) is 10.6 Å². The number of rotatable bonds is 3. The van der Waals surface area contributed by atoms with Crippen LogP contribution >= 0.6 is 15.9 Å². The summed E-state index contributed by atoms with van der Waals surface area (Å²) < 4.78 is 1.14. The lowest BCUT2D eigenvalue weighted by Crippen LogP contribution is -2.42. The van der Waals surface area contributed by atoms with Gasteiger partial charge in [-0.05, 0) is 37.1 Å². The second kappa shape index (κ2) is 5.64. The Morgan fingerprint density at radius 1 is 1.33 bits per heavy atom. The van der Waals surface area contributed by atoms with Crippen LogP contribution in [-0.2, 0) is 6.54 Å². The topological polar surface area (TPSA) is 24.1 Å². The Hall–Kier alpha value is -0.380. The van der Waals surface area contributed by atoms with E-state index in [4.69, 9.17) is 0 Å². The number of halogens is 1. The van der Waals surface area contributed by atoms with Crippen LogP contribution in [0, 0.1) is 0 Å². The van der Waals surface area contributed by atoms with Crippen LogP contribution in [0.15, 0.2) is 28.7 Å². The zero-order chi connectivity index (χ0) is 10.5. The number of hydrogen-bond acceptors (Lipinski definition) is 2. The molecule has 0 aliphatic carbocycles. The Morgan fingerprint density at radius 3 is 2.80 bits per heavy atom. The SMILES string of the molecule is Brc1ccc(CN[C@H]2CCCNC2)cc1. The van der Waals surface area contributed by atoms with Gasteiger partial charge in [-0.3, -0.25) is 0 Å². The molecule has 0 saturated carbocycles. The molecule has 1 aliphatic heterocycles. The van der Waals surface area contributed by atoms with E-state index in [9.17, 15) is 0 Å². The molecule has 0 unspecified atom stereocenters. The van der Waals surface area contributed by atoms with E-state index in [2.05, 4.69) is 50.8 Å². The third kappa shape index (κ3) is 3.59. The highest BCUT2D eigenvalue weighted by molar-refractivity contribution is 9.10. The Morgan fingerprint density at radius 2 is 2.13 bits per heavy atom. The van der Waals surface area contributed by atoms with Gasteiger partial charge in [0.25, 0.3) is 0 Å². The van der Waals surface area contributed by atoms with Crippen molar-refractivity contribution in [2.45, 2.75) is 25.4 Å². The lowest BCUT2D eigenvalue weighted by atomic mass is 10.1. The van der Waals surface area contributed by atoms with E-state index >= 15 is 0 Å². The van der Waals surface area contributed by atoms with E-state index < -0.39 is 0 Å². The van der Waals surface area contributed by atoms with Crippen molar-refractivity contribution in [1.29, 1.82) is 0 Å². The third-order valence-electron chi connectivity index (χ3n) is 2.80. The Bertz CT molecular complexity index is 291. The minimum absolute atomic E-state index is 0.641. The molecule has 2 N–H and O–H groups in total. The molecule has 1 aromatic carbocycles. The minimum atomic E-state index is 0.641. The lowest BCUT2D eigenvalue weighted by molar-refractivity contribution is 0.389. The first-order valence-corrected chi connectivity index (χ1v) is 6.32. The molecule has 15 heavy (non-hydrogen) atoms. The second-order valence-electron chi connectivity index (χ2n) is 4.05. The summed E-state index contributed by atoms with van der Waals surface area (Å²) in [5.74, 6) is 0. The average Bonchev–Trinajstić information content (AvgIpc) is 2.30. The molecule has 1 saturated heterocycles. The maximum absolute atomic E-state index is 3.58. The number of benzene rings is 1. The summed E-state index contributed by atoms with van der Waals surface area (Å²) in [6.07, 6.45) is 2.58. The standard InChI is InChI=1S/C12H17BrN2/c13-11-5-3-10(4-6-11)8-15-12-2-1-7-14-9-12/h3-6,12,14-15H,1-2,7-9H2/t12-/m0/s1. The maximum Gasteiger partial charge on any atom is 0.0208 e. The molecule has 2 rings (SSSR count). The van der Waals surface area contributed by atoms with Gasteiger partial charge in [-0.15, -0.1) is 0 Å². The highest BCUT2D eigenvalue weighted by Crippen LogP contribution is 2.11. The molecule has 0 aromatic heterocycles. The lowest BCUT2D eigenvalue weighted by Gasteiger charge is -2.23. The van der Waals surface area contributed by atoms with Crippen LogP contribution in [0.3, 0.4) is 0 Å². The van der Waals surface area contributed by atoms with Crippen LogP contribution < -0.4 is 10.6 Å². The highest BCUT2D eigenvalue weighted by atomic mass is 79.9. The van der Waals surface area contributed by atoms with Crippen LogP contribution in [0.4, 0.5) is 0 Å². The van der Waals surface area contributed by atoms with E-state index in [0.717, 1.165) is 17.6 Å². The van der Waals surface area contributed by atoms with Crippen molar-refractivity contribution in [2.24, 2.45) is 0 Å². The largest absolute Gasteiger partial charge is 0.315 e. The molecule has 1 aliphatic rings. The quantitative estimate of drug-likeness (QED) is 0.879. The van der Waals surface area contributed by atoms with Crippen LogP contribution in [0.2, 0.25) is 0 Å². The van der Waals surface area contributed by atoms with E-state index in [1.165, 1.54) is 24.9 Å². The van der Waals surface area contributed by atoms with Crippen LogP contribution in [-0.4, -0.2) is 19.1 Å². The Kier molecular flexibility index (Phi) is 4.18. The summed E-state index contributed by atoms with van der Waals surface area (Å²) in [4.78, 5) is 0. The summed E-state index contributed by atoms with van der Waals surface area (Å²) in [6.45, 7) is 3.26. The van der Waals surface area contributed by atoms with E-state index in [1.54, 1.807) is 0 Å². The van der Waals surface area contributed by atoms with Gasteiger partial charge in [-0.2, -0.15) is 0 Å². The molecule has 0 radical (unpaired) electrons. The smallest absolute Gasteiger partial charge is 0.0208 e. The summed E-state index contributed by atoms with van der Waals surface area (Å²) in [5.41, 5.74) is 1.35. The van der Waals surface area contributed by atoms with Crippen molar-refractivity contribution in [2.75, 3.05) is 13.1 Å². The maximum atomic E-state index is 3.58. The highest BCUT2D eigenvalue weighted by Gasteiger charge is 2.11. The Labute approximate surface area is 99.6 Å². The molecule has 0 bridgehead atoms. The zero-order valence-electron chi connectivity index (χ0n) is 8.80. The first-order valence-electron chi connectivity index (χ1n) is 5.53. The number of piperidine rings is 1. The van der Waals surface area contributed by atoms with Crippen LogP contribution in [0.25, 0.3) is 0 Å². The Balaban J connectivity index is 1.79. The van der Waals surface area contributed by atoms with Gasteiger partial charge in [0, 0.05) is 23.6 Å². The fourth-order valence-corrected chi connectivity index (χ4v) is 2.15. The molecule has 3 heteroatoms. The van der Waals surface area contributed by atoms with Gasteiger partial charge in [0.1, 0.15) is 0 Å². The molecule has 82 valence electrons. The van der Waals surface area contributed by atoms with Crippen molar-refractivity contribution in [3.8, 4) is 0 Å². The van der Waals surface area contributed by atoms with Crippen molar-refractivity contribution >= 4 is 15.9 Å². The predicted octanol–water partition coefficient (Wildman–Crippen LogP) is 2.29. The van der Waals surface area contributed by atoms with Crippen molar-refractivity contribution < 1.29 is 0 Å². The number of nitrogens with one attached hydrogen (secondary N) is 2.